The molecule has 0 atom stereocenters. The summed E-state index contributed by atoms with van der Waals surface area (Å²) in [5.41, 5.74) is 7.76. The molecular formula is C22H17N3O2S. The van der Waals surface area contributed by atoms with Crippen LogP contribution in [0.2, 0.25) is 0 Å². The number of pyridine rings is 1. The van der Waals surface area contributed by atoms with Crippen molar-refractivity contribution in [3.8, 4) is 11.8 Å². The third-order valence-electron chi connectivity index (χ3n) is 3.62. The van der Waals surface area contributed by atoms with Crippen LogP contribution in [0.5, 0.6) is 0 Å². The van der Waals surface area contributed by atoms with E-state index in [1.165, 1.54) is 11.8 Å². The van der Waals surface area contributed by atoms with Crippen molar-refractivity contribution in [2.75, 3.05) is 11.1 Å². The molecule has 1 heterocycles. The number of benzene rings is 2. The van der Waals surface area contributed by atoms with Gasteiger partial charge in [-0.2, -0.15) is 0 Å². The number of hydrogen-bond acceptors (Lipinski definition) is 4. The molecule has 0 aliphatic carbocycles. The van der Waals surface area contributed by atoms with Crippen LogP contribution >= 0.6 is 11.8 Å². The number of carbonyl (C=O) groups is 2. The highest BCUT2D eigenvalue weighted by molar-refractivity contribution is 8.00. The Balaban J connectivity index is 1.75. The fraction of sp³-hybridized carbons (Fsp3) is 0.0455. The third-order valence-corrected chi connectivity index (χ3v) is 4.72. The van der Waals surface area contributed by atoms with Crippen LogP contribution in [-0.2, 0) is 4.79 Å². The fourth-order valence-electron chi connectivity index (χ4n) is 2.38. The van der Waals surface area contributed by atoms with E-state index in [4.69, 9.17) is 5.73 Å². The summed E-state index contributed by atoms with van der Waals surface area (Å²) in [6, 6.07) is 19.9. The van der Waals surface area contributed by atoms with Crippen LogP contribution in [0.25, 0.3) is 0 Å². The predicted octanol–water partition coefficient (Wildman–Crippen LogP) is 3.31. The molecule has 3 N–H and O–H groups in total. The second-order valence-corrected chi connectivity index (χ2v) is 6.77. The lowest BCUT2D eigenvalue weighted by Crippen LogP contribution is -2.15. The van der Waals surface area contributed by atoms with Crippen LogP contribution in [0.4, 0.5) is 5.69 Å². The molecule has 3 rings (SSSR count). The summed E-state index contributed by atoms with van der Waals surface area (Å²) in [5.74, 6) is 5.45. The summed E-state index contributed by atoms with van der Waals surface area (Å²) >= 11 is 1.24. The van der Waals surface area contributed by atoms with E-state index in [1.54, 1.807) is 36.5 Å². The normalized spacial score (nSPS) is 9.86. The Morgan fingerprint density at radius 3 is 2.61 bits per heavy atom. The Morgan fingerprint density at radius 2 is 1.82 bits per heavy atom. The van der Waals surface area contributed by atoms with Gasteiger partial charge in [0.15, 0.2) is 0 Å². The highest BCUT2D eigenvalue weighted by atomic mass is 32.2. The lowest BCUT2D eigenvalue weighted by molar-refractivity contribution is -0.115. The van der Waals surface area contributed by atoms with Crippen LogP contribution in [0.3, 0.4) is 0 Å². The molecule has 0 bridgehead atoms. The van der Waals surface area contributed by atoms with E-state index in [0.717, 1.165) is 5.56 Å². The highest BCUT2D eigenvalue weighted by Crippen LogP contribution is 2.23. The lowest BCUT2D eigenvalue weighted by atomic mass is 10.1. The Bertz CT molecular complexity index is 1060. The number of hydrogen-bond donors (Lipinski definition) is 2. The molecule has 2 aromatic carbocycles. The Labute approximate surface area is 167 Å². The Kier molecular flexibility index (Phi) is 6.45. The molecule has 5 nitrogen and oxygen atoms in total. The molecule has 0 saturated carbocycles. The zero-order valence-corrected chi connectivity index (χ0v) is 15.7. The van der Waals surface area contributed by atoms with E-state index >= 15 is 0 Å². The zero-order chi connectivity index (χ0) is 19.8. The van der Waals surface area contributed by atoms with Gasteiger partial charge in [-0.1, -0.05) is 30.2 Å². The van der Waals surface area contributed by atoms with Crippen molar-refractivity contribution in [1.29, 1.82) is 0 Å². The average Bonchev–Trinajstić information content (AvgIpc) is 2.72. The molecule has 0 spiro atoms. The van der Waals surface area contributed by atoms with Crippen molar-refractivity contribution in [2.45, 2.75) is 4.90 Å². The summed E-state index contributed by atoms with van der Waals surface area (Å²) in [5, 5.41) is 2.87. The molecule has 0 radical (unpaired) electrons. The summed E-state index contributed by atoms with van der Waals surface area (Å²) in [4.78, 5) is 28.6. The van der Waals surface area contributed by atoms with E-state index in [-0.39, 0.29) is 11.7 Å². The molecule has 1 aromatic heterocycles. The maximum absolute atomic E-state index is 12.7. The van der Waals surface area contributed by atoms with Gasteiger partial charge in [-0.3, -0.25) is 9.59 Å². The number of amides is 2. The standard InChI is InChI=1S/C22H17N3O2S/c23-21(26)15-28-20-10-2-1-9-19(20)22(27)25-18-8-5-6-16(14-18)11-12-17-7-3-4-13-24-17/h1-10,13-14H,15H2,(H2,23,26)(H,25,27). The SMILES string of the molecule is NC(=O)CSc1ccccc1C(=O)Nc1cccc(C#Cc2ccccn2)c1. The molecule has 0 aliphatic heterocycles. The van der Waals surface area contributed by atoms with Gasteiger partial charge in [0.05, 0.1) is 11.3 Å². The third kappa shape index (κ3) is 5.47. The molecule has 0 saturated heterocycles. The van der Waals surface area contributed by atoms with Crippen LogP contribution in [0.15, 0.2) is 77.8 Å². The Morgan fingerprint density at radius 1 is 1.00 bits per heavy atom. The minimum atomic E-state index is -0.431. The predicted molar refractivity (Wildman–Crippen MR) is 111 cm³/mol. The minimum absolute atomic E-state index is 0.114. The number of primary amides is 1. The molecule has 138 valence electrons. The van der Waals surface area contributed by atoms with Gasteiger partial charge in [-0.05, 0) is 48.4 Å². The molecule has 0 fully saturated rings. The molecular weight excluding hydrogens is 370 g/mol. The van der Waals surface area contributed by atoms with Crippen molar-refractivity contribution in [3.63, 3.8) is 0 Å². The van der Waals surface area contributed by atoms with Gasteiger partial charge in [-0.25, -0.2) is 4.98 Å². The van der Waals surface area contributed by atoms with Gasteiger partial charge in [0.2, 0.25) is 5.91 Å². The van der Waals surface area contributed by atoms with Crippen molar-refractivity contribution < 1.29 is 9.59 Å². The maximum Gasteiger partial charge on any atom is 0.256 e. The van der Waals surface area contributed by atoms with Gasteiger partial charge in [-0.15, -0.1) is 11.8 Å². The van der Waals surface area contributed by atoms with Crippen LogP contribution in [0, 0.1) is 11.8 Å². The molecule has 3 aromatic rings. The number of rotatable bonds is 5. The van der Waals surface area contributed by atoms with Crippen molar-refractivity contribution in [3.05, 3.63) is 89.7 Å². The minimum Gasteiger partial charge on any atom is -0.369 e. The topological polar surface area (TPSA) is 85.1 Å². The average molecular weight is 387 g/mol. The van der Waals surface area contributed by atoms with Crippen molar-refractivity contribution in [1.82, 2.24) is 4.98 Å². The van der Waals surface area contributed by atoms with Crippen LogP contribution in [-0.4, -0.2) is 22.6 Å². The molecule has 0 unspecified atom stereocenters. The van der Waals surface area contributed by atoms with Gasteiger partial charge < -0.3 is 11.1 Å². The summed E-state index contributed by atoms with van der Waals surface area (Å²) in [7, 11) is 0. The molecule has 28 heavy (non-hydrogen) atoms. The number of thioether (sulfide) groups is 1. The van der Waals surface area contributed by atoms with E-state index in [0.29, 0.717) is 21.8 Å². The highest BCUT2D eigenvalue weighted by Gasteiger charge is 2.12. The Hall–Kier alpha value is -3.56. The summed E-state index contributed by atoms with van der Waals surface area (Å²) < 4.78 is 0. The van der Waals surface area contributed by atoms with Gasteiger partial charge in [0.1, 0.15) is 5.69 Å². The van der Waals surface area contributed by atoms with E-state index in [2.05, 4.69) is 22.1 Å². The van der Waals surface area contributed by atoms with Gasteiger partial charge in [0.25, 0.3) is 5.91 Å². The van der Waals surface area contributed by atoms with E-state index in [1.807, 2.05) is 36.4 Å². The first kappa shape index (κ1) is 19.2. The van der Waals surface area contributed by atoms with Crippen molar-refractivity contribution in [2.24, 2.45) is 5.73 Å². The lowest BCUT2D eigenvalue weighted by Gasteiger charge is -2.09. The number of carbonyl (C=O) groups excluding carboxylic acids is 2. The maximum atomic E-state index is 12.7. The van der Waals surface area contributed by atoms with Gasteiger partial charge >= 0.3 is 0 Å². The monoisotopic (exact) mass is 387 g/mol. The molecule has 0 aliphatic rings. The van der Waals surface area contributed by atoms with Crippen molar-refractivity contribution >= 4 is 29.3 Å². The number of aromatic nitrogens is 1. The first-order chi connectivity index (χ1) is 13.6. The van der Waals surface area contributed by atoms with E-state index in [9.17, 15) is 9.59 Å². The molecule has 2 amide bonds. The van der Waals surface area contributed by atoms with Crippen LogP contribution in [0.1, 0.15) is 21.6 Å². The number of nitrogens with two attached hydrogens (primary N) is 1. The summed E-state index contributed by atoms with van der Waals surface area (Å²) in [6.07, 6.45) is 1.69. The quantitative estimate of drug-likeness (QED) is 0.520. The molecule has 6 heteroatoms. The second kappa shape index (κ2) is 9.40. The summed E-state index contributed by atoms with van der Waals surface area (Å²) in [6.45, 7) is 0. The fourth-order valence-corrected chi connectivity index (χ4v) is 3.16. The first-order valence-corrected chi connectivity index (χ1v) is 9.45. The smallest absolute Gasteiger partial charge is 0.256 e. The first-order valence-electron chi connectivity index (χ1n) is 8.46. The number of nitrogens with zero attached hydrogens (tertiary/aromatic N) is 1. The van der Waals surface area contributed by atoms with Crippen LogP contribution < -0.4 is 11.1 Å². The van der Waals surface area contributed by atoms with Gasteiger partial charge in [0, 0.05) is 22.3 Å². The van der Waals surface area contributed by atoms with E-state index < -0.39 is 5.91 Å². The largest absolute Gasteiger partial charge is 0.369 e. The second-order valence-electron chi connectivity index (χ2n) is 5.75. The number of nitrogens with one attached hydrogen (secondary N) is 1. The zero-order valence-electron chi connectivity index (χ0n) is 14.9. The number of anilines is 1.